The largest absolute Gasteiger partial charge is 0.452 e. The standard InChI is InChI=1S/C11H15N3O4S/c1-18-11(15)14-19(16,17)13-10-4-2-3-8-5-6-12-7-9(8)10/h2-4,12-13H,5-7H2,1H3,(H,14,15). The van der Waals surface area contributed by atoms with Crippen molar-refractivity contribution in [2.75, 3.05) is 18.4 Å². The summed E-state index contributed by atoms with van der Waals surface area (Å²) in [7, 11) is -2.89. The number of ether oxygens (including phenoxy) is 1. The molecule has 1 aliphatic heterocycles. The van der Waals surface area contributed by atoms with Crippen LogP contribution in [0.1, 0.15) is 11.1 Å². The van der Waals surface area contributed by atoms with Gasteiger partial charge >= 0.3 is 16.3 Å². The third-order valence-electron chi connectivity index (χ3n) is 2.79. The number of benzene rings is 1. The molecule has 0 bridgehead atoms. The second-order valence-electron chi connectivity index (χ2n) is 4.07. The lowest BCUT2D eigenvalue weighted by Gasteiger charge is -2.20. The van der Waals surface area contributed by atoms with Crippen LogP contribution in [0.3, 0.4) is 0 Å². The van der Waals surface area contributed by atoms with Crippen LogP contribution in [0.25, 0.3) is 0 Å². The van der Waals surface area contributed by atoms with Crippen LogP contribution in [-0.2, 0) is 27.9 Å². The maximum absolute atomic E-state index is 11.7. The molecule has 3 N–H and O–H groups in total. The fourth-order valence-electron chi connectivity index (χ4n) is 1.93. The fourth-order valence-corrected chi connectivity index (χ4v) is 2.77. The van der Waals surface area contributed by atoms with Crippen LogP contribution in [0, 0.1) is 0 Å². The van der Waals surface area contributed by atoms with Gasteiger partial charge in [0.1, 0.15) is 0 Å². The minimum atomic E-state index is -3.98. The van der Waals surface area contributed by atoms with E-state index in [4.69, 9.17) is 0 Å². The summed E-state index contributed by atoms with van der Waals surface area (Å²) in [6.45, 7) is 1.45. The summed E-state index contributed by atoms with van der Waals surface area (Å²) in [5, 5.41) is 3.17. The van der Waals surface area contributed by atoms with Crippen LogP contribution in [0.5, 0.6) is 0 Å². The molecule has 1 aromatic carbocycles. The van der Waals surface area contributed by atoms with E-state index in [-0.39, 0.29) is 0 Å². The highest BCUT2D eigenvalue weighted by atomic mass is 32.2. The highest BCUT2D eigenvalue weighted by Gasteiger charge is 2.18. The van der Waals surface area contributed by atoms with Gasteiger partial charge < -0.3 is 10.1 Å². The number of rotatable bonds is 3. The molecule has 0 atom stereocenters. The molecular formula is C11H15N3O4S. The maximum atomic E-state index is 11.7. The van der Waals surface area contributed by atoms with Gasteiger partial charge in [0.2, 0.25) is 0 Å². The third kappa shape index (κ3) is 3.36. The predicted octanol–water partition coefficient (Wildman–Crippen LogP) is 0.345. The smallest absolute Gasteiger partial charge is 0.422 e. The maximum Gasteiger partial charge on any atom is 0.422 e. The number of anilines is 1. The molecule has 0 aliphatic carbocycles. The monoisotopic (exact) mass is 285 g/mol. The summed E-state index contributed by atoms with van der Waals surface area (Å²) >= 11 is 0. The van der Waals surface area contributed by atoms with E-state index in [1.54, 1.807) is 16.9 Å². The van der Waals surface area contributed by atoms with Crippen LogP contribution >= 0.6 is 0 Å². The number of fused-ring (bicyclic) bond motifs is 1. The fraction of sp³-hybridized carbons (Fsp3) is 0.364. The normalized spacial score (nSPS) is 14.4. The molecule has 8 heteroatoms. The highest BCUT2D eigenvalue weighted by Crippen LogP contribution is 2.23. The second kappa shape index (κ2) is 5.45. The molecular weight excluding hydrogens is 270 g/mol. The number of methoxy groups -OCH3 is 1. The van der Waals surface area contributed by atoms with Gasteiger partial charge in [0, 0.05) is 6.54 Å². The first-order chi connectivity index (χ1) is 9.02. The molecule has 0 radical (unpaired) electrons. The van der Waals surface area contributed by atoms with Crippen LogP contribution in [0.2, 0.25) is 0 Å². The zero-order chi connectivity index (χ0) is 13.9. The highest BCUT2D eigenvalue weighted by molar-refractivity contribution is 7.91. The number of carbonyl (C=O) groups is 1. The Kier molecular flexibility index (Phi) is 3.91. The molecule has 2 rings (SSSR count). The van der Waals surface area contributed by atoms with E-state index in [9.17, 15) is 13.2 Å². The van der Waals surface area contributed by atoms with Crippen molar-refractivity contribution < 1.29 is 17.9 Å². The Morgan fingerprint density at radius 2 is 2.21 bits per heavy atom. The van der Waals surface area contributed by atoms with E-state index >= 15 is 0 Å². The van der Waals surface area contributed by atoms with Crippen molar-refractivity contribution in [1.82, 2.24) is 10.0 Å². The van der Waals surface area contributed by atoms with Crippen molar-refractivity contribution in [3.63, 3.8) is 0 Å². The van der Waals surface area contributed by atoms with E-state index in [2.05, 4.69) is 14.8 Å². The molecule has 1 aromatic rings. The Morgan fingerprint density at radius 1 is 1.42 bits per heavy atom. The van der Waals surface area contributed by atoms with Crippen molar-refractivity contribution >= 4 is 22.0 Å². The minimum absolute atomic E-state index is 0.459. The quantitative estimate of drug-likeness (QED) is 0.744. The van der Waals surface area contributed by atoms with Crippen molar-refractivity contribution in [2.24, 2.45) is 0 Å². The first-order valence-electron chi connectivity index (χ1n) is 5.72. The van der Waals surface area contributed by atoms with Gasteiger partial charge in [0.05, 0.1) is 12.8 Å². The summed E-state index contributed by atoms with van der Waals surface area (Å²) in [6.07, 6.45) is -0.189. The van der Waals surface area contributed by atoms with Crippen molar-refractivity contribution in [3.8, 4) is 0 Å². The van der Waals surface area contributed by atoms with Crippen molar-refractivity contribution in [1.29, 1.82) is 0 Å². The molecule has 104 valence electrons. The Labute approximate surface area is 111 Å². The molecule has 0 aromatic heterocycles. The molecule has 0 unspecified atom stereocenters. The number of carbonyl (C=O) groups excluding carboxylic acids is 1. The van der Waals surface area contributed by atoms with Crippen molar-refractivity contribution in [3.05, 3.63) is 29.3 Å². The van der Waals surface area contributed by atoms with Crippen molar-refractivity contribution in [2.45, 2.75) is 13.0 Å². The van der Waals surface area contributed by atoms with Gasteiger partial charge in [0.25, 0.3) is 0 Å². The van der Waals surface area contributed by atoms with Crippen LogP contribution in [0.15, 0.2) is 18.2 Å². The molecule has 0 saturated carbocycles. The van der Waals surface area contributed by atoms with Gasteiger partial charge in [-0.3, -0.25) is 4.72 Å². The van der Waals surface area contributed by atoms with Crippen LogP contribution in [-0.4, -0.2) is 28.2 Å². The summed E-state index contributed by atoms with van der Waals surface area (Å²) in [4.78, 5) is 10.9. The third-order valence-corrected chi connectivity index (χ3v) is 3.72. The molecule has 1 heterocycles. The molecule has 0 saturated heterocycles. The molecule has 0 fully saturated rings. The lowest BCUT2D eigenvalue weighted by molar-refractivity contribution is 0.177. The minimum Gasteiger partial charge on any atom is -0.452 e. The summed E-state index contributed by atoms with van der Waals surface area (Å²) < 4.78 is 31.8. The second-order valence-corrected chi connectivity index (χ2v) is 5.48. The molecule has 1 aliphatic rings. The lowest BCUT2D eigenvalue weighted by Crippen LogP contribution is -2.36. The number of hydrogen-bond donors (Lipinski definition) is 3. The number of amides is 1. The van der Waals surface area contributed by atoms with E-state index in [0.29, 0.717) is 12.2 Å². The summed E-state index contributed by atoms with van der Waals surface area (Å²) in [5.41, 5.74) is 2.45. The molecule has 1 amide bonds. The predicted molar refractivity (Wildman–Crippen MR) is 69.9 cm³/mol. The first-order valence-corrected chi connectivity index (χ1v) is 7.20. The first kappa shape index (κ1) is 13.6. The zero-order valence-electron chi connectivity index (χ0n) is 10.4. The molecule has 19 heavy (non-hydrogen) atoms. The van der Waals surface area contributed by atoms with Gasteiger partial charge in [-0.2, -0.15) is 8.42 Å². The number of nitrogens with one attached hydrogen (secondary N) is 3. The van der Waals surface area contributed by atoms with Gasteiger partial charge in [0.15, 0.2) is 0 Å². The SMILES string of the molecule is COC(=O)NS(=O)(=O)Nc1cccc2c1CNCC2. The van der Waals surface area contributed by atoms with Gasteiger partial charge in [-0.1, -0.05) is 12.1 Å². The average Bonchev–Trinajstić information content (AvgIpc) is 2.38. The topological polar surface area (TPSA) is 96.5 Å². The lowest BCUT2D eigenvalue weighted by atomic mass is 10.00. The Hall–Kier alpha value is -1.80. The van der Waals surface area contributed by atoms with Crippen LogP contribution in [0.4, 0.5) is 10.5 Å². The van der Waals surface area contributed by atoms with E-state index < -0.39 is 16.3 Å². The van der Waals surface area contributed by atoms with Gasteiger partial charge in [-0.15, -0.1) is 0 Å². The summed E-state index contributed by atoms with van der Waals surface area (Å²) in [5.74, 6) is 0. The van der Waals surface area contributed by atoms with Gasteiger partial charge in [-0.25, -0.2) is 9.52 Å². The zero-order valence-corrected chi connectivity index (χ0v) is 11.2. The molecule has 0 spiro atoms. The van der Waals surface area contributed by atoms with E-state index in [0.717, 1.165) is 31.2 Å². The molecule has 7 nitrogen and oxygen atoms in total. The Bertz CT molecular complexity index is 586. The van der Waals surface area contributed by atoms with Crippen LogP contribution < -0.4 is 14.8 Å². The average molecular weight is 285 g/mol. The van der Waals surface area contributed by atoms with E-state index in [1.165, 1.54) is 0 Å². The van der Waals surface area contributed by atoms with Gasteiger partial charge in [-0.05, 0) is 30.2 Å². The van der Waals surface area contributed by atoms with E-state index in [1.807, 2.05) is 6.07 Å². The Balaban J connectivity index is 2.22. The Morgan fingerprint density at radius 3 is 2.95 bits per heavy atom. The summed E-state index contributed by atoms with van der Waals surface area (Å²) in [6, 6.07) is 5.39. The number of hydrogen-bond acceptors (Lipinski definition) is 5.